The van der Waals surface area contributed by atoms with Crippen LogP contribution in [0.2, 0.25) is 10.0 Å². The molecule has 32 heavy (non-hydrogen) atoms. The predicted octanol–water partition coefficient (Wildman–Crippen LogP) is 6.65. The Morgan fingerprint density at radius 1 is 1.03 bits per heavy atom. The van der Waals surface area contributed by atoms with Gasteiger partial charge in [-0.2, -0.15) is 9.78 Å². The van der Waals surface area contributed by atoms with E-state index in [0.717, 1.165) is 27.8 Å². The van der Waals surface area contributed by atoms with Gasteiger partial charge in [-0.1, -0.05) is 70.9 Å². The Kier molecular flexibility index (Phi) is 7.47. The summed E-state index contributed by atoms with van der Waals surface area (Å²) in [6.45, 7) is 2.45. The lowest BCUT2D eigenvalue weighted by molar-refractivity contribution is 0.306. The van der Waals surface area contributed by atoms with Crippen molar-refractivity contribution in [2.24, 2.45) is 5.10 Å². The van der Waals surface area contributed by atoms with Crippen molar-refractivity contribution in [1.82, 2.24) is 14.9 Å². The van der Waals surface area contributed by atoms with Crippen molar-refractivity contribution >= 4 is 41.2 Å². The van der Waals surface area contributed by atoms with E-state index in [1.54, 1.807) is 41.1 Å². The maximum Gasteiger partial charge on any atom is 0.212 e. The minimum absolute atomic E-state index is 0.367. The number of aromatic nitrogens is 3. The molecule has 0 aliphatic rings. The summed E-state index contributed by atoms with van der Waals surface area (Å²) in [5.41, 5.74) is 4.29. The summed E-state index contributed by atoms with van der Waals surface area (Å²) in [6.07, 6.45) is 3.36. The Labute approximate surface area is 201 Å². The normalized spacial score (nSPS) is 11.2. The van der Waals surface area contributed by atoms with Gasteiger partial charge >= 0.3 is 0 Å². The van der Waals surface area contributed by atoms with Crippen LogP contribution in [0.1, 0.15) is 22.3 Å². The van der Waals surface area contributed by atoms with Gasteiger partial charge in [0, 0.05) is 21.4 Å². The van der Waals surface area contributed by atoms with Gasteiger partial charge in [-0.15, -0.1) is 10.2 Å². The van der Waals surface area contributed by atoms with Gasteiger partial charge in [-0.25, -0.2) is 0 Å². The predicted molar refractivity (Wildman–Crippen MR) is 131 cm³/mol. The fraction of sp³-hybridized carbons (Fsp3) is 0.125. The first-order valence-corrected chi connectivity index (χ1v) is 11.6. The molecule has 0 amide bonds. The van der Waals surface area contributed by atoms with E-state index >= 15 is 0 Å². The Balaban J connectivity index is 1.34. The minimum Gasteiger partial charge on any atom is -0.489 e. The number of halogens is 2. The van der Waals surface area contributed by atoms with Gasteiger partial charge in [0.05, 0.1) is 6.21 Å². The first-order chi connectivity index (χ1) is 15.6. The van der Waals surface area contributed by atoms with Crippen LogP contribution in [0.15, 0.2) is 83.3 Å². The summed E-state index contributed by atoms with van der Waals surface area (Å²) < 4.78 is 7.49. The van der Waals surface area contributed by atoms with E-state index in [2.05, 4.69) is 46.5 Å². The van der Waals surface area contributed by atoms with Crippen molar-refractivity contribution in [3.8, 4) is 5.75 Å². The molecule has 0 N–H and O–H groups in total. The van der Waals surface area contributed by atoms with Gasteiger partial charge in [0.25, 0.3) is 0 Å². The number of benzene rings is 3. The van der Waals surface area contributed by atoms with Crippen molar-refractivity contribution in [3.05, 3.63) is 105 Å². The van der Waals surface area contributed by atoms with Crippen molar-refractivity contribution < 1.29 is 4.74 Å². The molecule has 5 nitrogen and oxygen atoms in total. The molecular weight excluding hydrogens is 463 g/mol. The number of nitrogens with zero attached hydrogens (tertiary/aromatic N) is 4. The van der Waals surface area contributed by atoms with Gasteiger partial charge in [0.1, 0.15) is 18.7 Å². The van der Waals surface area contributed by atoms with Gasteiger partial charge < -0.3 is 4.74 Å². The summed E-state index contributed by atoms with van der Waals surface area (Å²) in [6, 6.07) is 21.5. The summed E-state index contributed by atoms with van der Waals surface area (Å²) in [4.78, 5) is 0. The third kappa shape index (κ3) is 6.13. The largest absolute Gasteiger partial charge is 0.489 e. The highest BCUT2D eigenvalue weighted by atomic mass is 35.5. The Morgan fingerprint density at radius 3 is 2.56 bits per heavy atom. The zero-order chi connectivity index (χ0) is 22.3. The van der Waals surface area contributed by atoms with Crippen LogP contribution in [0.25, 0.3) is 0 Å². The molecule has 1 heterocycles. The van der Waals surface area contributed by atoms with E-state index in [1.807, 2.05) is 30.3 Å². The standard InChI is InChI=1S/C24H20Cl2N4OS/c1-17-2-4-19(5-3-17)15-32-24-29-27-16-30(24)28-13-18-6-10-22(11-7-18)31-14-20-8-9-21(25)12-23(20)26/h2-13,16H,14-15H2,1H3/b28-13-. The Hall–Kier alpha value is -2.80. The first kappa shape index (κ1) is 22.4. The molecule has 162 valence electrons. The zero-order valence-electron chi connectivity index (χ0n) is 17.3. The topological polar surface area (TPSA) is 52.3 Å². The molecule has 3 aromatic carbocycles. The molecule has 1 aromatic heterocycles. The van der Waals surface area contributed by atoms with E-state index < -0.39 is 0 Å². The highest BCUT2D eigenvalue weighted by molar-refractivity contribution is 7.98. The fourth-order valence-electron chi connectivity index (χ4n) is 2.80. The van der Waals surface area contributed by atoms with Crippen LogP contribution < -0.4 is 4.74 Å². The van der Waals surface area contributed by atoms with Gasteiger partial charge in [-0.05, 0) is 54.4 Å². The average molecular weight is 483 g/mol. The number of rotatable bonds is 8. The van der Waals surface area contributed by atoms with Crippen molar-refractivity contribution in [2.45, 2.75) is 24.4 Å². The molecule has 8 heteroatoms. The highest BCUT2D eigenvalue weighted by Crippen LogP contribution is 2.23. The molecule has 0 fully saturated rings. The molecule has 0 saturated heterocycles. The molecule has 0 radical (unpaired) electrons. The minimum atomic E-state index is 0.367. The number of ether oxygens (including phenoxy) is 1. The van der Waals surface area contributed by atoms with Crippen molar-refractivity contribution in [2.75, 3.05) is 0 Å². The van der Waals surface area contributed by atoms with Crippen LogP contribution in [0.3, 0.4) is 0 Å². The van der Waals surface area contributed by atoms with Crippen LogP contribution in [0, 0.1) is 6.92 Å². The van der Waals surface area contributed by atoms with E-state index in [-0.39, 0.29) is 0 Å². The summed E-state index contributed by atoms with van der Waals surface area (Å²) in [7, 11) is 0. The van der Waals surface area contributed by atoms with Crippen LogP contribution in [0.4, 0.5) is 0 Å². The summed E-state index contributed by atoms with van der Waals surface area (Å²) in [5.74, 6) is 1.55. The number of aryl methyl sites for hydroxylation is 1. The quantitative estimate of drug-likeness (QED) is 0.208. The molecule has 0 aliphatic heterocycles. The van der Waals surface area contributed by atoms with Crippen molar-refractivity contribution in [1.29, 1.82) is 0 Å². The maximum atomic E-state index is 6.19. The van der Waals surface area contributed by atoms with Crippen LogP contribution in [-0.2, 0) is 12.4 Å². The lowest BCUT2D eigenvalue weighted by Crippen LogP contribution is -1.97. The molecule has 4 aromatic rings. The molecule has 0 spiro atoms. The molecular formula is C24H20Cl2N4OS. The van der Waals surface area contributed by atoms with E-state index in [4.69, 9.17) is 27.9 Å². The van der Waals surface area contributed by atoms with Crippen LogP contribution >= 0.6 is 35.0 Å². The number of hydrogen-bond donors (Lipinski definition) is 0. The van der Waals surface area contributed by atoms with Crippen LogP contribution in [-0.4, -0.2) is 21.1 Å². The molecule has 4 rings (SSSR count). The summed E-state index contributed by atoms with van der Waals surface area (Å²) in [5, 5.41) is 14.6. The second-order valence-corrected chi connectivity index (χ2v) is 8.86. The highest BCUT2D eigenvalue weighted by Gasteiger charge is 2.05. The third-order valence-electron chi connectivity index (χ3n) is 4.61. The summed E-state index contributed by atoms with van der Waals surface area (Å²) >= 11 is 13.7. The van der Waals surface area contributed by atoms with E-state index in [1.165, 1.54) is 11.1 Å². The SMILES string of the molecule is Cc1ccc(CSc2nncn2/N=C\c2ccc(OCc3ccc(Cl)cc3Cl)cc2)cc1. The molecule has 0 aliphatic carbocycles. The molecule has 0 unspecified atom stereocenters. The first-order valence-electron chi connectivity index (χ1n) is 9.86. The van der Waals surface area contributed by atoms with Gasteiger partial charge in [0.15, 0.2) is 0 Å². The lowest BCUT2D eigenvalue weighted by atomic mass is 10.2. The van der Waals surface area contributed by atoms with E-state index in [0.29, 0.717) is 16.7 Å². The number of hydrogen-bond acceptors (Lipinski definition) is 5. The van der Waals surface area contributed by atoms with E-state index in [9.17, 15) is 0 Å². The Morgan fingerprint density at radius 2 is 1.81 bits per heavy atom. The number of thioether (sulfide) groups is 1. The molecule has 0 saturated carbocycles. The fourth-order valence-corrected chi connectivity index (χ4v) is 4.09. The second kappa shape index (κ2) is 10.7. The lowest BCUT2D eigenvalue weighted by Gasteiger charge is -2.08. The zero-order valence-corrected chi connectivity index (χ0v) is 19.6. The third-order valence-corrected chi connectivity index (χ3v) is 6.20. The smallest absolute Gasteiger partial charge is 0.212 e. The monoisotopic (exact) mass is 482 g/mol. The second-order valence-electron chi connectivity index (χ2n) is 7.07. The van der Waals surface area contributed by atoms with Gasteiger partial charge in [0.2, 0.25) is 5.16 Å². The van der Waals surface area contributed by atoms with Gasteiger partial charge in [-0.3, -0.25) is 0 Å². The maximum absolute atomic E-state index is 6.19. The molecule has 0 bridgehead atoms. The Bertz CT molecular complexity index is 1210. The average Bonchev–Trinajstić information content (AvgIpc) is 3.25. The van der Waals surface area contributed by atoms with Crippen LogP contribution in [0.5, 0.6) is 5.75 Å². The van der Waals surface area contributed by atoms with Crippen molar-refractivity contribution in [3.63, 3.8) is 0 Å². The molecule has 0 atom stereocenters.